The summed E-state index contributed by atoms with van der Waals surface area (Å²) in [6.45, 7) is 2.06. The number of nitrogen functional groups attached to an aromatic ring is 1. The molecule has 1 saturated heterocycles. The molecule has 2 aliphatic rings. The maximum atomic E-state index is 13.9. The highest BCUT2D eigenvalue weighted by molar-refractivity contribution is 6.06. The molecule has 2 aromatic rings. The van der Waals surface area contributed by atoms with Gasteiger partial charge in [0.15, 0.2) is 0 Å². The van der Waals surface area contributed by atoms with Gasteiger partial charge in [-0.05, 0) is 49.2 Å². The Labute approximate surface area is 173 Å². The molecule has 2 aromatic carbocycles. The van der Waals surface area contributed by atoms with Crippen LogP contribution in [0.2, 0.25) is 0 Å². The van der Waals surface area contributed by atoms with Crippen molar-refractivity contribution in [2.24, 2.45) is 9.98 Å². The summed E-state index contributed by atoms with van der Waals surface area (Å²) in [5.74, 6) is -1.04. The fourth-order valence-electron chi connectivity index (χ4n) is 3.90. The lowest BCUT2D eigenvalue weighted by atomic mass is 9.89. The minimum Gasteiger partial charge on any atom is -0.399 e. The van der Waals surface area contributed by atoms with Crippen LogP contribution in [0.1, 0.15) is 35.3 Å². The topological polar surface area (TPSA) is 100 Å². The molecule has 30 heavy (non-hydrogen) atoms. The molecule has 0 aromatic heterocycles. The molecule has 2 amide bonds. The van der Waals surface area contributed by atoms with Crippen LogP contribution in [-0.4, -0.2) is 47.4 Å². The largest absolute Gasteiger partial charge is 0.399 e. The maximum Gasteiger partial charge on any atom is 0.251 e. The number of nitrogens with zero attached hydrogens (tertiary/aromatic N) is 3. The number of likely N-dealkylation sites (tertiary alicyclic amines) is 1. The molecular formula is C22H22FN5O2. The van der Waals surface area contributed by atoms with E-state index in [-0.39, 0.29) is 23.7 Å². The first-order valence-corrected chi connectivity index (χ1v) is 9.75. The Morgan fingerprint density at radius 1 is 1.23 bits per heavy atom. The number of fused-ring (bicyclic) bond motifs is 1. The number of aliphatic imine (C=N–C) groups is 2. The van der Waals surface area contributed by atoms with E-state index in [9.17, 15) is 14.0 Å². The molecule has 3 N–H and O–H groups in total. The Morgan fingerprint density at radius 3 is 2.80 bits per heavy atom. The number of nitrogens with one attached hydrogen (secondary N) is 1. The number of benzene rings is 2. The molecule has 0 saturated carbocycles. The number of carbonyl (C=O) groups is 2. The zero-order valence-electron chi connectivity index (χ0n) is 16.5. The smallest absolute Gasteiger partial charge is 0.251 e. The molecular weight excluding hydrogens is 385 g/mol. The molecule has 0 spiro atoms. The van der Waals surface area contributed by atoms with E-state index in [4.69, 9.17) is 5.73 Å². The first-order valence-electron chi connectivity index (χ1n) is 9.75. The summed E-state index contributed by atoms with van der Waals surface area (Å²) in [4.78, 5) is 36.2. The van der Waals surface area contributed by atoms with Crippen molar-refractivity contribution in [2.45, 2.75) is 31.5 Å². The Bertz CT molecular complexity index is 1050. The highest BCUT2D eigenvalue weighted by Crippen LogP contribution is 2.33. The van der Waals surface area contributed by atoms with Gasteiger partial charge in [0, 0.05) is 17.8 Å². The van der Waals surface area contributed by atoms with E-state index in [0.717, 1.165) is 5.71 Å². The Balaban J connectivity index is 1.57. The van der Waals surface area contributed by atoms with Gasteiger partial charge in [0.1, 0.15) is 18.2 Å². The summed E-state index contributed by atoms with van der Waals surface area (Å²) >= 11 is 0. The fourth-order valence-corrected chi connectivity index (χ4v) is 3.90. The predicted octanol–water partition coefficient (Wildman–Crippen LogP) is 2.35. The number of amides is 2. The van der Waals surface area contributed by atoms with Crippen LogP contribution in [0.3, 0.4) is 0 Å². The molecule has 3 atom stereocenters. The highest BCUT2D eigenvalue weighted by Gasteiger charge is 2.40. The van der Waals surface area contributed by atoms with Crippen LogP contribution in [0.15, 0.2) is 58.5 Å². The Morgan fingerprint density at radius 2 is 2.03 bits per heavy atom. The van der Waals surface area contributed by atoms with E-state index in [2.05, 4.69) is 15.3 Å². The lowest BCUT2D eigenvalue weighted by molar-refractivity contribution is -0.134. The average molecular weight is 407 g/mol. The van der Waals surface area contributed by atoms with Gasteiger partial charge in [0.05, 0.1) is 17.8 Å². The molecule has 2 heterocycles. The fraction of sp³-hybridized carbons (Fsp3) is 0.273. The van der Waals surface area contributed by atoms with Gasteiger partial charge in [-0.1, -0.05) is 18.2 Å². The monoisotopic (exact) mass is 407 g/mol. The summed E-state index contributed by atoms with van der Waals surface area (Å²) < 4.78 is 13.9. The second-order valence-corrected chi connectivity index (χ2v) is 7.43. The molecule has 0 aliphatic carbocycles. The molecule has 7 nitrogen and oxygen atoms in total. The first-order chi connectivity index (χ1) is 14.4. The van der Waals surface area contributed by atoms with Crippen LogP contribution >= 0.6 is 0 Å². The second kappa shape index (κ2) is 8.06. The average Bonchev–Trinajstić information content (AvgIpc) is 3.21. The van der Waals surface area contributed by atoms with Crippen LogP contribution in [-0.2, 0) is 4.79 Å². The lowest BCUT2D eigenvalue weighted by Gasteiger charge is -2.39. The van der Waals surface area contributed by atoms with Gasteiger partial charge in [0.25, 0.3) is 5.91 Å². The lowest BCUT2D eigenvalue weighted by Crippen LogP contribution is -2.53. The van der Waals surface area contributed by atoms with Crippen molar-refractivity contribution in [3.8, 4) is 0 Å². The molecule has 0 radical (unpaired) electrons. The molecule has 4 rings (SSSR count). The van der Waals surface area contributed by atoms with Crippen LogP contribution in [0.25, 0.3) is 0 Å². The van der Waals surface area contributed by atoms with Crippen LogP contribution in [0.4, 0.5) is 10.1 Å². The van der Waals surface area contributed by atoms with Crippen LogP contribution < -0.4 is 11.1 Å². The molecule has 0 bridgehead atoms. The SMILES string of the molecule is CC(NC(=O)c1cccc(N)c1)C(=O)N1CCC2N=CN=C2C1c1cccc(F)c1. The third-order valence-corrected chi connectivity index (χ3v) is 5.34. The van der Waals surface area contributed by atoms with Gasteiger partial charge in [-0.2, -0.15) is 0 Å². The molecule has 2 aliphatic heterocycles. The zero-order chi connectivity index (χ0) is 21.3. The van der Waals surface area contributed by atoms with E-state index in [1.165, 1.54) is 18.5 Å². The van der Waals surface area contributed by atoms with E-state index in [1.807, 2.05) is 0 Å². The maximum absolute atomic E-state index is 13.9. The quantitative estimate of drug-likeness (QED) is 0.761. The third kappa shape index (κ3) is 3.80. The summed E-state index contributed by atoms with van der Waals surface area (Å²) in [5.41, 5.74) is 7.93. The van der Waals surface area contributed by atoms with Crippen LogP contribution in [0, 0.1) is 5.82 Å². The van der Waals surface area contributed by atoms with Crippen molar-refractivity contribution in [1.82, 2.24) is 10.2 Å². The Kier molecular flexibility index (Phi) is 5.31. The van der Waals surface area contributed by atoms with Crippen molar-refractivity contribution in [2.75, 3.05) is 12.3 Å². The predicted molar refractivity (Wildman–Crippen MR) is 113 cm³/mol. The summed E-state index contributed by atoms with van der Waals surface area (Å²) in [5, 5.41) is 2.73. The number of nitrogens with two attached hydrogens (primary N) is 1. The molecule has 154 valence electrons. The highest BCUT2D eigenvalue weighted by atomic mass is 19.1. The number of hydrogen-bond donors (Lipinski definition) is 2. The van der Waals surface area contributed by atoms with Crippen molar-refractivity contribution in [1.29, 1.82) is 0 Å². The van der Waals surface area contributed by atoms with Gasteiger partial charge in [-0.15, -0.1) is 0 Å². The van der Waals surface area contributed by atoms with Gasteiger partial charge >= 0.3 is 0 Å². The summed E-state index contributed by atoms with van der Waals surface area (Å²) in [7, 11) is 0. The summed E-state index contributed by atoms with van der Waals surface area (Å²) in [6.07, 6.45) is 2.12. The van der Waals surface area contributed by atoms with E-state index >= 15 is 0 Å². The molecule has 8 heteroatoms. The van der Waals surface area contributed by atoms with Crippen molar-refractivity contribution >= 4 is 29.6 Å². The van der Waals surface area contributed by atoms with Gasteiger partial charge in [-0.3, -0.25) is 14.6 Å². The number of anilines is 1. The van der Waals surface area contributed by atoms with Gasteiger partial charge < -0.3 is 16.0 Å². The third-order valence-electron chi connectivity index (χ3n) is 5.34. The standard InChI is InChI=1S/C22H22FN5O2/c1-13(27-21(29)15-5-3-7-17(24)11-15)22(30)28-9-8-18-19(26-12-25-18)20(28)14-4-2-6-16(23)10-14/h2-7,10-13,18,20H,8-9,24H2,1H3,(H,27,29). The number of hydrogen-bond acceptors (Lipinski definition) is 5. The minimum atomic E-state index is -0.783. The normalized spacial score (nSPS) is 21.0. The van der Waals surface area contributed by atoms with E-state index in [0.29, 0.717) is 29.8 Å². The second-order valence-electron chi connectivity index (χ2n) is 7.43. The minimum absolute atomic E-state index is 0.112. The Hall–Kier alpha value is -3.55. The van der Waals surface area contributed by atoms with Gasteiger partial charge in [0.2, 0.25) is 5.91 Å². The number of piperidine rings is 1. The molecule has 3 unspecified atom stereocenters. The van der Waals surface area contributed by atoms with E-state index < -0.39 is 12.1 Å². The van der Waals surface area contributed by atoms with Crippen molar-refractivity contribution in [3.63, 3.8) is 0 Å². The number of carbonyl (C=O) groups excluding carboxylic acids is 2. The number of halogens is 1. The zero-order valence-corrected chi connectivity index (χ0v) is 16.5. The van der Waals surface area contributed by atoms with E-state index in [1.54, 1.807) is 48.2 Å². The van der Waals surface area contributed by atoms with Crippen LogP contribution in [0.5, 0.6) is 0 Å². The van der Waals surface area contributed by atoms with Crippen molar-refractivity contribution < 1.29 is 14.0 Å². The van der Waals surface area contributed by atoms with Crippen molar-refractivity contribution in [3.05, 3.63) is 65.5 Å². The molecule has 1 fully saturated rings. The first kappa shape index (κ1) is 19.8. The summed E-state index contributed by atoms with van der Waals surface area (Å²) in [6, 6.07) is 11.3. The number of rotatable bonds is 4. The van der Waals surface area contributed by atoms with Gasteiger partial charge in [-0.25, -0.2) is 9.38 Å².